The lowest BCUT2D eigenvalue weighted by Crippen LogP contribution is -2.01. The number of nitrogens with zero attached hydrogens (tertiary/aromatic N) is 2. The predicted molar refractivity (Wildman–Crippen MR) is 80.9 cm³/mol. The maximum absolute atomic E-state index is 6.32. The first-order valence-electron chi connectivity index (χ1n) is 5.93. The standard InChI is InChI=1S/C14H12ClN3S/c1-9-12(15)11-13(17-8-18-14(11)19-9)16-7-10-5-3-2-4-6-10/h2-6,8H,7H2,1H3,(H,16,17,18). The number of thiophene rings is 1. The molecular formula is C14H12ClN3S. The molecule has 3 aromatic rings. The first kappa shape index (κ1) is 12.4. The van der Waals surface area contributed by atoms with Gasteiger partial charge in [0.15, 0.2) is 0 Å². The van der Waals surface area contributed by atoms with Gasteiger partial charge in [0.2, 0.25) is 0 Å². The molecule has 5 heteroatoms. The van der Waals surface area contributed by atoms with Crippen molar-refractivity contribution in [1.29, 1.82) is 0 Å². The molecule has 3 rings (SSSR count). The molecule has 3 nitrogen and oxygen atoms in total. The van der Waals surface area contributed by atoms with Crippen LogP contribution in [0.5, 0.6) is 0 Å². The summed E-state index contributed by atoms with van der Waals surface area (Å²) < 4.78 is 0. The molecule has 0 spiro atoms. The molecule has 0 radical (unpaired) electrons. The Morgan fingerprint density at radius 1 is 1.21 bits per heavy atom. The molecule has 96 valence electrons. The van der Waals surface area contributed by atoms with Crippen molar-refractivity contribution >= 4 is 39.0 Å². The lowest BCUT2D eigenvalue weighted by atomic mass is 10.2. The highest BCUT2D eigenvalue weighted by atomic mass is 35.5. The summed E-state index contributed by atoms with van der Waals surface area (Å²) in [6.45, 7) is 2.72. The summed E-state index contributed by atoms with van der Waals surface area (Å²) in [5, 5.41) is 4.99. The Bertz CT molecular complexity index is 709. The van der Waals surface area contributed by atoms with E-state index in [0.717, 1.165) is 32.5 Å². The Labute approximate surface area is 120 Å². The van der Waals surface area contributed by atoms with Gasteiger partial charge in [0.25, 0.3) is 0 Å². The van der Waals surface area contributed by atoms with Gasteiger partial charge < -0.3 is 5.32 Å². The number of anilines is 1. The maximum Gasteiger partial charge on any atom is 0.139 e. The molecule has 2 heterocycles. The van der Waals surface area contributed by atoms with Crippen LogP contribution in [0.3, 0.4) is 0 Å². The lowest BCUT2D eigenvalue weighted by molar-refractivity contribution is 1.11. The zero-order chi connectivity index (χ0) is 13.2. The van der Waals surface area contributed by atoms with Gasteiger partial charge >= 0.3 is 0 Å². The number of fused-ring (bicyclic) bond motifs is 1. The Morgan fingerprint density at radius 2 is 2.00 bits per heavy atom. The summed E-state index contributed by atoms with van der Waals surface area (Å²) >= 11 is 7.91. The number of halogens is 1. The second-order valence-corrected chi connectivity index (χ2v) is 5.79. The summed E-state index contributed by atoms with van der Waals surface area (Å²) in [7, 11) is 0. The molecule has 0 fully saturated rings. The van der Waals surface area contributed by atoms with Crippen molar-refractivity contribution in [2.24, 2.45) is 0 Å². The molecule has 1 N–H and O–H groups in total. The van der Waals surface area contributed by atoms with Crippen LogP contribution >= 0.6 is 22.9 Å². The molecule has 0 bridgehead atoms. The number of rotatable bonds is 3. The summed E-state index contributed by atoms with van der Waals surface area (Å²) in [6.07, 6.45) is 1.57. The minimum Gasteiger partial charge on any atom is -0.365 e. The van der Waals surface area contributed by atoms with Gasteiger partial charge in [-0.1, -0.05) is 41.9 Å². The number of nitrogens with one attached hydrogen (secondary N) is 1. The summed E-state index contributed by atoms with van der Waals surface area (Å²) in [6, 6.07) is 10.2. The molecule has 0 aliphatic heterocycles. The molecule has 0 atom stereocenters. The van der Waals surface area contributed by atoms with E-state index in [1.807, 2.05) is 25.1 Å². The Balaban J connectivity index is 1.93. The number of hydrogen-bond acceptors (Lipinski definition) is 4. The second-order valence-electron chi connectivity index (χ2n) is 4.21. The summed E-state index contributed by atoms with van der Waals surface area (Å²) in [5.74, 6) is 0.795. The molecule has 1 aromatic carbocycles. The zero-order valence-electron chi connectivity index (χ0n) is 10.4. The van der Waals surface area contributed by atoms with Crippen molar-refractivity contribution in [3.05, 3.63) is 52.1 Å². The smallest absolute Gasteiger partial charge is 0.139 e. The van der Waals surface area contributed by atoms with E-state index in [-0.39, 0.29) is 0 Å². The summed E-state index contributed by atoms with van der Waals surface area (Å²) in [4.78, 5) is 10.6. The highest BCUT2D eigenvalue weighted by molar-refractivity contribution is 7.19. The third kappa shape index (κ3) is 2.41. The fourth-order valence-electron chi connectivity index (χ4n) is 1.93. The third-order valence-corrected chi connectivity index (χ3v) is 4.49. The summed E-state index contributed by atoms with van der Waals surface area (Å²) in [5.41, 5.74) is 1.21. The quantitative estimate of drug-likeness (QED) is 0.782. The highest BCUT2D eigenvalue weighted by Crippen LogP contribution is 2.36. The van der Waals surface area contributed by atoms with E-state index in [2.05, 4.69) is 27.4 Å². The highest BCUT2D eigenvalue weighted by Gasteiger charge is 2.12. The number of aryl methyl sites for hydroxylation is 1. The van der Waals surface area contributed by atoms with Crippen LogP contribution in [0, 0.1) is 6.92 Å². The van der Waals surface area contributed by atoms with Gasteiger partial charge in [0, 0.05) is 11.4 Å². The van der Waals surface area contributed by atoms with Gasteiger partial charge in [-0.15, -0.1) is 11.3 Å². The van der Waals surface area contributed by atoms with E-state index in [1.54, 1.807) is 17.7 Å². The van der Waals surface area contributed by atoms with E-state index in [9.17, 15) is 0 Å². The zero-order valence-corrected chi connectivity index (χ0v) is 11.9. The van der Waals surface area contributed by atoms with Crippen molar-refractivity contribution in [1.82, 2.24) is 9.97 Å². The normalized spacial score (nSPS) is 10.8. The second kappa shape index (κ2) is 5.15. The van der Waals surface area contributed by atoms with Gasteiger partial charge in [0.05, 0.1) is 10.4 Å². The van der Waals surface area contributed by atoms with Crippen LogP contribution in [-0.4, -0.2) is 9.97 Å². The van der Waals surface area contributed by atoms with E-state index in [0.29, 0.717) is 0 Å². The van der Waals surface area contributed by atoms with E-state index in [4.69, 9.17) is 11.6 Å². The monoisotopic (exact) mass is 289 g/mol. The van der Waals surface area contributed by atoms with Gasteiger partial charge in [-0.3, -0.25) is 0 Å². The Hall–Kier alpha value is -1.65. The molecule has 0 saturated heterocycles. The van der Waals surface area contributed by atoms with Crippen molar-refractivity contribution < 1.29 is 0 Å². The Kier molecular flexibility index (Phi) is 3.36. The van der Waals surface area contributed by atoms with Crippen molar-refractivity contribution in [3.8, 4) is 0 Å². The fourth-order valence-corrected chi connectivity index (χ4v) is 3.16. The largest absolute Gasteiger partial charge is 0.365 e. The van der Waals surface area contributed by atoms with E-state index >= 15 is 0 Å². The molecule has 0 unspecified atom stereocenters. The SMILES string of the molecule is Cc1sc2ncnc(NCc3ccccc3)c2c1Cl. The molecule has 0 saturated carbocycles. The molecule has 2 aromatic heterocycles. The average Bonchev–Trinajstić information content (AvgIpc) is 2.74. The van der Waals surface area contributed by atoms with Crippen LogP contribution in [0.4, 0.5) is 5.82 Å². The topological polar surface area (TPSA) is 37.8 Å². The van der Waals surface area contributed by atoms with Crippen molar-refractivity contribution in [3.63, 3.8) is 0 Å². The molecule has 0 aliphatic rings. The minimum absolute atomic E-state index is 0.720. The van der Waals surface area contributed by atoms with Gasteiger partial charge in [-0.2, -0.15) is 0 Å². The first-order valence-corrected chi connectivity index (χ1v) is 7.12. The number of benzene rings is 1. The molecule has 0 aliphatic carbocycles. The van der Waals surface area contributed by atoms with Gasteiger partial charge in [-0.05, 0) is 12.5 Å². The molecule has 19 heavy (non-hydrogen) atoms. The van der Waals surface area contributed by atoms with Crippen molar-refractivity contribution in [2.75, 3.05) is 5.32 Å². The van der Waals surface area contributed by atoms with Gasteiger partial charge in [0.1, 0.15) is 17.0 Å². The van der Waals surface area contributed by atoms with Crippen LogP contribution in [-0.2, 0) is 6.54 Å². The molecular weight excluding hydrogens is 278 g/mol. The van der Waals surface area contributed by atoms with Crippen LogP contribution in [0.2, 0.25) is 5.02 Å². The number of hydrogen-bond donors (Lipinski definition) is 1. The van der Waals surface area contributed by atoms with E-state index in [1.165, 1.54) is 5.56 Å². The Morgan fingerprint density at radius 3 is 2.79 bits per heavy atom. The van der Waals surface area contributed by atoms with Gasteiger partial charge in [-0.25, -0.2) is 9.97 Å². The van der Waals surface area contributed by atoms with Crippen LogP contribution in [0.15, 0.2) is 36.7 Å². The predicted octanol–water partition coefficient (Wildman–Crippen LogP) is 4.27. The van der Waals surface area contributed by atoms with Crippen LogP contribution in [0.25, 0.3) is 10.2 Å². The average molecular weight is 290 g/mol. The van der Waals surface area contributed by atoms with Crippen LogP contribution in [0.1, 0.15) is 10.4 Å². The third-order valence-electron chi connectivity index (χ3n) is 2.89. The maximum atomic E-state index is 6.32. The minimum atomic E-state index is 0.720. The number of aromatic nitrogens is 2. The fraction of sp³-hybridized carbons (Fsp3) is 0.143. The molecule has 0 amide bonds. The first-order chi connectivity index (χ1) is 9.25. The van der Waals surface area contributed by atoms with Crippen LogP contribution < -0.4 is 5.32 Å². The van der Waals surface area contributed by atoms with E-state index < -0.39 is 0 Å². The van der Waals surface area contributed by atoms with Crippen molar-refractivity contribution in [2.45, 2.75) is 13.5 Å². The lowest BCUT2D eigenvalue weighted by Gasteiger charge is -2.06.